The van der Waals surface area contributed by atoms with E-state index in [9.17, 15) is 4.79 Å². The summed E-state index contributed by atoms with van der Waals surface area (Å²) >= 11 is 0. The summed E-state index contributed by atoms with van der Waals surface area (Å²) in [6.07, 6.45) is 3.22. The number of hydrogen-bond acceptors (Lipinski definition) is 6. The molecule has 3 rings (SSSR count). The van der Waals surface area contributed by atoms with Gasteiger partial charge in [-0.2, -0.15) is 0 Å². The van der Waals surface area contributed by atoms with E-state index in [1.54, 1.807) is 31.6 Å². The molecule has 0 saturated heterocycles. The number of nitrogens with two attached hydrogens (primary N) is 1. The van der Waals surface area contributed by atoms with Gasteiger partial charge in [0.05, 0.1) is 7.11 Å². The number of nitrogen functional groups attached to an aromatic ring is 1. The van der Waals surface area contributed by atoms with Crippen molar-refractivity contribution in [1.29, 1.82) is 0 Å². The quantitative estimate of drug-likeness (QED) is 0.746. The molecule has 0 atom stereocenters. The summed E-state index contributed by atoms with van der Waals surface area (Å²) in [6.45, 7) is 0.292. The lowest BCUT2D eigenvalue weighted by Gasteiger charge is -2.09. The van der Waals surface area contributed by atoms with Crippen LogP contribution >= 0.6 is 0 Å². The van der Waals surface area contributed by atoms with Crippen molar-refractivity contribution in [3.05, 3.63) is 59.9 Å². The SMILES string of the molecule is COc1ccccc1CNC(=O)c1c(-c2cccnc2)noc1N. The van der Waals surface area contributed by atoms with Gasteiger partial charge in [-0.15, -0.1) is 0 Å². The van der Waals surface area contributed by atoms with Gasteiger partial charge in [0.25, 0.3) is 5.91 Å². The number of pyridine rings is 1. The number of carbonyl (C=O) groups excluding carboxylic acids is 1. The molecule has 0 aliphatic rings. The second-order valence-corrected chi connectivity index (χ2v) is 5.01. The number of nitrogens with one attached hydrogen (secondary N) is 1. The average Bonchev–Trinajstić information content (AvgIpc) is 3.02. The molecule has 0 bridgehead atoms. The third-order valence-corrected chi connectivity index (χ3v) is 3.51. The van der Waals surface area contributed by atoms with Crippen LogP contribution in [0.4, 0.5) is 5.88 Å². The Morgan fingerprint density at radius 1 is 1.29 bits per heavy atom. The number of amides is 1. The molecular formula is C17H16N4O3. The number of hydrogen-bond donors (Lipinski definition) is 2. The van der Waals surface area contributed by atoms with Crippen molar-refractivity contribution >= 4 is 11.8 Å². The molecule has 2 heterocycles. The van der Waals surface area contributed by atoms with Gasteiger partial charge in [0.1, 0.15) is 17.0 Å². The maximum atomic E-state index is 12.5. The minimum absolute atomic E-state index is 0.0358. The maximum absolute atomic E-state index is 12.5. The Bertz CT molecular complexity index is 846. The lowest BCUT2D eigenvalue weighted by Crippen LogP contribution is -2.24. The molecule has 1 aromatic carbocycles. The van der Waals surface area contributed by atoms with Crippen LogP contribution in [0.25, 0.3) is 11.3 Å². The number of carbonyl (C=O) groups is 1. The van der Waals surface area contributed by atoms with Crippen molar-refractivity contribution < 1.29 is 14.1 Å². The monoisotopic (exact) mass is 324 g/mol. The fourth-order valence-corrected chi connectivity index (χ4v) is 2.34. The molecule has 0 saturated carbocycles. The van der Waals surface area contributed by atoms with E-state index in [4.69, 9.17) is 15.0 Å². The molecule has 3 N–H and O–H groups in total. The number of para-hydroxylation sites is 1. The number of aromatic nitrogens is 2. The summed E-state index contributed by atoms with van der Waals surface area (Å²) in [5.74, 6) is 0.286. The van der Waals surface area contributed by atoms with Crippen molar-refractivity contribution in [2.75, 3.05) is 12.8 Å². The Kier molecular flexibility index (Phi) is 4.42. The van der Waals surface area contributed by atoms with Gasteiger partial charge in [-0.05, 0) is 18.2 Å². The van der Waals surface area contributed by atoms with Crippen molar-refractivity contribution in [3.8, 4) is 17.0 Å². The van der Waals surface area contributed by atoms with Crippen LogP contribution in [0.1, 0.15) is 15.9 Å². The molecule has 7 heteroatoms. The molecular weight excluding hydrogens is 308 g/mol. The molecule has 0 unspecified atom stereocenters. The van der Waals surface area contributed by atoms with Crippen LogP contribution in [0.15, 0.2) is 53.3 Å². The van der Waals surface area contributed by atoms with Crippen molar-refractivity contribution in [3.63, 3.8) is 0 Å². The normalized spacial score (nSPS) is 10.4. The zero-order valence-corrected chi connectivity index (χ0v) is 13.0. The van der Waals surface area contributed by atoms with Gasteiger partial charge in [0.15, 0.2) is 0 Å². The molecule has 2 aromatic heterocycles. The molecule has 0 aliphatic heterocycles. The fourth-order valence-electron chi connectivity index (χ4n) is 2.34. The first-order chi connectivity index (χ1) is 11.7. The van der Waals surface area contributed by atoms with Crippen molar-refractivity contribution in [1.82, 2.24) is 15.5 Å². The standard InChI is InChI=1S/C17H16N4O3/c1-23-13-7-3-2-5-11(13)10-20-17(22)14-15(21-24-16(14)18)12-6-4-8-19-9-12/h2-9H,10,18H2,1H3,(H,20,22). The first kappa shape index (κ1) is 15.5. The van der Waals surface area contributed by atoms with Gasteiger partial charge < -0.3 is 20.3 Å². The number of nitrogens with zero attached hydrogens (tertiary/aromatic N) is 2. The lowest BCUT2D eigenvalue weighted by atomic mass is 10.1. The highest BCUT2D eigenvalue weighted by molar-refractivity contribution is 6.03. The molecule has 0 radical (unpaired) electrons. The van der Waals surface area contributed by atoms with E-state index in [1.807, 2.05) is 24.3 Å². The van der Waals surface area contributed by atoms with Crippen LogP contribution in [0.3, 0.4) is 0 Å². The van der Waals surface area contributed by atoms with Gasteiger partial charge >= 0.3 is 0 Å². The summed E-state index contributed by atoms with van der Waals surface area (Å²) in [5.41, 5.74) is 7.83. The third kappa shape index (κ3) is 3.05. The largest absolute Gasteiger partial charge is 0.496 e. The number of ether oxygens (including phenoxy) is 1. The van der Waals surface area contributed by atoms with Gasteiger partial charge in [-0.3, -0.25) is 9.78 Å². The molecule has 7 nitrogen and oxygen atoms in total. The molecule has 3 aromatic rings. The smallest absolute Gasteiger partial charge is 0.259 e. The predicted molar refractivity (Wildman–Crippen MR) is 88.3 cm³/mol. The molecule has 0 aliphatic carbocycles. The number of rotatable bonds is 5. The zero-order valence-electron chi connectivity index (χ0n) is 13.0. The van der Waals surface area contributed by atoms with Gasteiger partial charge in [-0.25, -0.2) is 0 Å². The molecule has 0 fully saturated rings. The van der Waals surface area contributed by atoms with E-state index in [2.05, 4.69) is 15.5 Å². The van der Waals surface area contributed by atoms with Crippen molar-refractivity contribution in [2.45, 2.75) is 6.54 Å². The van der Waals surface area contributed by atoms with Gasteiger partial charge in [0.2, 0.25) is 5.88 Å². The minimum atomic E-state index is -0.376. The van der Waals surface area contributed by atoms with Crippen LogP contribution < -0.4 is 15.8 Å². The second kappa shape index (κ2) is 6.82. The van der Waals surface area contributed by atoms with Gasteiger partial charge in [0, 0.05) is 30.1 Å². The predicted octanol–water partition coefficient (Wildman–Crippen LogP) is 2.26. The van der Waals surface area contributed by atoms with E-state index in [0.717, 1.165) is 5.56 Å². The Morgan fingerprint density at radius 2 is 2.12 bits per heavy atom. The van der Waals surface area contributed by atoms with Crippen LogP contribution in [0.5, 0.6) is 5.75 Å². The van der Waals surface area contributed by atoms with E-state index < -0.39 is 0 Å². The summed E-state index contributed by atoms with van der Waals surface area (Å²) < 4.78 is 10.3. The molecule has 0 spiro atoms. The highest BCUT2D eigenvalue weighted by Gasteiger charge is 2.22. The molecule has 1 amide bonds. The summed E-state index contributed by atoms with van der Waals surface area (Å²) in [4.78, 5) is 16.6. The number of methoxy groups -OCH3 is 1. The Hall–Kier alpha value is -3.35. The van der Waals surface area contributed by atoms with Crippen LogP contribution in [0.2, 0.25) is 0 Å². The van der Waals surface area contributed by atoms with Crippen LogP contribution in [0, 0.1) is 0 Å². The Labute approximate surface area is 138 Å². The minimum Gasteiger partial charge on any atom is -0.496 e. The topological polar surface area (TPSA) is 103 Å². The van der Waals surface area contributed by atoms with Crippen LogP contribution in [-0.2, 0) is 6.54 Å². The Balaban J connectivity index is 1.82. The summed E-state index contributed by atoms with van der Waals surface area (Å²) in [7, 11) is 1.58. The van der Waals surface area contributed by atoms with E-state index in [-0.39, 0.29) is 17.4 Å². The van der Waals surface area contributed by atoms with Gasteiger partial charge in [-0.1, -0.05) is 23.4 Å². The fraction of sp³-hybridized carbons (Fsp3) is 0.118. The summed E-state index contributed by atoms with van der Waals surface area (Å²) in [6, 6.07) is 11.0. The maximum Gasteiger partial charge on any atom is 0.259 e. The third-order valence-electron chi connectivity index (χ3n) is 3.51. The van der Waals surface area contributed by atoms with E-state index in [0.29, 0.717) is 23.6 Å². The van der Waals surface area contributed by atoms with Crippen molar-refractivity contribution in [2.24, 2.45) is 0 Å². The number of anilines is 1. The molecule has 122 valence electrons. The summed E-state index contributed by atoms with van der Waals surface area (Å²) in [5, 5.41) is 6.68. The van der Waals surface area contributed by atoms with E-state index >= 15 is 0 Å². The first-order valence-corrected chi connectivity index (χ1v) is 7.26. The second-order valence-electron chi connectivity index (χ2n) is 5.01. The highest BCUT2D eigenvalue weighted by Crippen LogP contribution is 2.26. The van der Waals surface area contributed by atoms with Crippen LogP contribution in [-0.4, -0.2) is 23.2 Å². The average molecular weight is 324 g/mol. The highest BCUT2D eigenvalue weighted by atomic mass is 16.5. The number of benzene rings is 1. The Morgan fingerprint density at radius 3 is 2.88 bits per heavy atom. The zero-order chi connectivity index (χ0) is 16.9. The molecule has 24 heavy (non-hydrogen) atoms. The lowest BCUT2D eigenvalue weighted by molar-refractivity contribution is 0.0952. The first-order valence-electron chi connectivity index (χ1n) is 7.26. The van der Waals surface area contributed by atoms with E-state index in [1.165, 1.54) is 0 Å².